The minimum Gasteiger partial charge on any atom is -0.258 e. The van der Waals surface area contributed by atoms with Gasteiger partial charge in [0.05, 0.1) is 26.5 Å². The molecule has 10 nitrogen and oxygen atoms in total. The number of hydrogen-bond acceptors (Lipinski definition) is 8. The maximum absolute atomic E-state index is 11.2. The molecule has 0 unspecified atom stereocenters. The normalized spacial score (nSPS) is 10.5. The van der Waals surface area contributed by atoms with Crippen molar-refractivity contribution in [3.05, 3.63) is 68.8 Å². The van der Waals surface area contributed by atoms with E-state index in [9.17, 15) is 20.2 Å². The summed E-state index contributed by atoms with van der Waals surface area (Å²) in [5.41, 5.74) is -0.0416. The summed E-state index contributed by atoms with van der Waals surface area (Å²) in [6.07, 6.45) is 0. The Bertz CT molecular complexity index is 914. The second-order valence-corrected chi connectivity index (χ2v) is 5.49. The highest BCUT2D eigenvalue weighted by Crippen LogP contribution is 2.36. The van der Waals surface area contributed by atoms with Gasteiger partial charge < -0.3 is 0 Å². The molecule has 0 aliphatic rings. The van der Waals surface area contributed by atoms with Crippen LogP contribution >= 0.6 is 11.8 Å². The minimum atomic E-state index is -0.685. The number of aromatic nitrogens is 4. The Kier molecular flexibility index (Phi) is 4.16. The Labute approximate surface area is 138 Å². The zero-order chi connectivity index (χ0) is 17.1. The van der Waals surface area contributed by atoms with E-state index in [1.807, 2.05) is 6.07 Å². The molecule has 0 fully saturated rings. The summed E-state index contributed by atoms with van der Waals surface area (Å²) >= 11 is 0.954. The van der Waals surface area contributed by atoms with Crippen LogP contribution in [0.25, 0.3) is 5.69 Å². The Hall–Kier alpha value is -3.34. The van der Waals surface area contributed by atoms with Gasteiger partial charge in [-0.2, -0.15) is 4.68 Å². The Balaban J connectivity index is 2.00. The van der Waals surface area contributed by atoms with Crippen molar-refractivity contribution in [1.82, 2.24) is 20.2 Å². The van der Waals surface area contributed by atoms with Crippen molar-refractivity contribution in [1.29, 1.82) is 0 Å². The number of para-hydroxylation sites is 1. The van der Waals surface area contributed by atoms with Gasteiger partial charge in [0.25, 0.3) is 11.4 Å². The van der Waals surface area contributed by atoms with Crippen molar-refractivity contribution in [2.75, 3.05) is 0 Å². The summed E-state index contributed by atoms with van der Waals surface area (Å²) in [6.45, 7) is 0. The first-order chi connectivity index (χ1) is 11.6. The van der Waals surface area contributed by atoms with E-state index in [1.54, 1.807) is 24.3 Å². The van der Waals surface area contributed by atoms with Crippen molar-refractivity contribution in [3.63, 3.8) is 0 Å². The van der Waals surface area contributed by atoms with E-state index in [1.165, 1.54) is 16.8 Å². The molecule has 1 aromatic heterocycles. The Morgan fingerprint density at radius 3 is 2.42 bits per heavy atom. The van der Waals surface area contributed by atoms with Crippen molar-refractivity contribution in [2.24, 2.45) is 0 Å². The van der Waals surface area contributed by atoms with Gasteiger partial charge in [0, 0.05) is 6.07 Å². The monoisotopic (exact) mass is 344 g/mol. The van der Waals surface area contributed by atoms with Crippen LogP contribution in [-0.4, -0.2) is 30.1 Å². The third kappa shape index (κ3) is 3.05. The van der Waals surface area contributed by atoms with E-state index >= 15 is 0 Å². The van der Waals surface area contributed by atoms with E-state index in [0.29, 0.717) is 10.8 Å². The first-order valence-corrected chi connectivity index (χ1v) is 7.32. The lowest BCUT2D eigenvalue weighted by Crippen LogP contribution is -1.99. The molecule has 0 atom stereocenters. The fraction of sp³-hybridized carbons (Fsp3) is 0. The Morgan fingerprint density at radius 1 is 1.00 bits per heavy atom. The van der Waals surface area contributed by atoms with Crippen LogP contribution in [0, 0.1) is 20.2 Å². The van der Waals surface area contributed by atoms with Crippen LogP contribution in [0.3, 0.4) is 0 Å². The van der Waals surface area contributed by atoms with Crippen molar-refractivity contribution >= 4 is 23.1 Å². The molecule has 2 aromatic carbocycles. The molecule has 11 heteroatoms. The maximum Gasteiger partial charge on any atom is 0.290 e. The predicted molar refractivity (Wildman–Crippen MR) is 83.0 cm³/mol. The summed E-state index contributed by atoms with van der Waals surface area (Å²) in [5, 5.41) is 33.6. The molecule has 0 saturated heterocycles. The molecule has 0 spiro atoms. The number of rotatable bonds is 5. The lowest BCUT2D eigenvalue weighted by atomic mass is 10.3. The van der Waals surface area contributed by atoms with Gasteiger partial charge >= 0.3 is 0 Å². The molecule has 0 radical (unpaired) electrons. The molecule has 3 aromatic rings. The summed E-state index contributed by atoms with van der Waals surface area (Å²) in [6, 6.07) is 12.4. The lowest BCUT2D eigenvalue weighted by molar-refractivity contribution is -0.396. The Morgan fingerprint density at radius 2 is 1.75 bits per heavy atom. The van der Waals surface area contributed by atoms with E-state index in [-0.39, 0.29) is 16.3 Å². The largest absolute Gasteiger partial charge is 0.290 e. The molecule has 120 valence electrons. The first kappa shape index (κ1) is 15.6. The third-order valence-electron chi connectivity index (χ3n) is 2.99. The second kappa shape index (κ2) is 6.42. The van der Waals surface area contributed by atoms with Crippen molar-refractivity contribution < 1.29 is 9.85 Å². The van der Waals surface area contributed by atoms with Gasteiger partial charge in [-0.15, -0.1) is 5.10 Å². The summed E-state index contributed by atoms with van der Waals surface area (Å²) < 4.78 is 1.43. The van der Waals surface area contributed by atoms with E-state index in [0.717, 1.165) is 17.8 Å². The van der Waals surface area contributed by atoms with E-state index in [4.69, 9.17) is 0 Å². The third-order valence-corrected chi connectivity index (χ3v) is 4.00. The molecule has 3 rings (SSSR count). The number of benzene rings is 2. The van der Waals surface area contributed by atoms with Gasteiger partial charge in [-0.05, 0) is 40.4 Å². The lowest BCUT2D eigenvalue weighted by Gasteiger charge is -2.04. The van der Waals surface area contributed by atoms with Crippen LogP contribution in [0.2, 0.25) is 0 Å². The molecule has 0 N–H and O–H groups in total. The van der Waals surface area contributed by atoms with Crippen LogP contribution in [0.15, 0.2) is 58.6 Å². The smallest absolute Gasteiger partial charge is 0.258 e. The minimum absolute atomic E-state index is 0.206. The van der Waals surface area contributed by atoms with Gasteiger partial charge in [0.2, 0.25) is 5.16 Å². The maximum atomic E-state index is 11.2. The van der Waals surface area contributed by atoms with E-state index in [2.05, 4.69) is 15.5 Å². The second-order valence-electron chi connectivity index (χ2n) is 4.48. The first-order valence-electron chi connectivity index (χ1n) is 6.51. The summed E-state index contributed by atoms with van der Waals surface area (Å²) in [4.78, 5) is 20.8. The molecule has 0 saturated carbocycles. The zero-order valence-corrected chi connectivity index (χ0v) is 12.7. The van der Waals surface area contributed by atoms with Crippen molar-refractivity contribution in [3.8, 4) is 5.69 Å². The molecular weight excluding hydrogens is 336 g/mol. The average molecular weight is 344 g/mol. The molecule has 0 amide bonds. The van der Waals surface area contributed by atoms with Crippen LogP contribution in [-0.2, 0) is 0 Å². The number of nitrogens with zero attached hydrogens (tertiary/aromatic N) is 6. The summed E-state index contributed by atoms with van der Waals surface area (Å²) in [7, 11) is 0. The topological polar surface area (TPSA) is 130 Å². The average Bonchev–Trinajstić information content (AvgIpc) is 3.03. The number of nitro benzene ring substituents is 2. The van der Waals surface area contributed by atoms with Gasteiger partial charge in [-0.25, -0.2) is 0 Å². The fourth-order valence-electron chi connectivity index (χ4n) is 1.92. The van der Waals surface area contributed by atoms with Gasteiger partial charge in [0.1, 0.15) is 0 Å². The number of hydrogen-bond donors (Lipinski definition) is 0. The molecule has 24 heavy (non-hydrogen) atoms. The van der Waals surface area contributed by atoms with Crippen LogP contribution in [0.5, 0.6) is 0 Å². The molecular formula is C13H8N6O4S. The molecule has 0 aliphatic heterocycles. The van der Waals surface area contributed by atoms with Gasteiger partial charge in [-0.3, -0.25) is 20.2 Å². The highest BCUT2D eigenvalue weighted by Gasteiger charge is 2.22. The van der Waals surface area contributed by atoms with E-state index < -0.39 is 9.85 Å². The number of non-ortho nitro benzene ring substituents is 1. The highest BCUT2D eigenvalue weighted by atomic mass is 32.2. The molecule has 0 bridgehead atoms. The zero-order valence-electron chi connectivity index (χ0n) is 11.8. The van der Waals surface area contributed by atoms with Gasteiger partial charge in [-0.1, -0.05) is 18.2 Å². The van der Waals surface area contributed by atoms with Crippen molar-refractivity contribution in [2.45, 2.75) is 10.1 Å². The van der Waals surface area contributed by atoms with Crippen LogP contribution < -0.4 is 0 Å². The van der Waals surface area contributed by atoms with Gasteiger partial charge in [0.15, 0.2) is 0 Å². The SMILES string of the molecule is O=[N+]([O-])c1ccc(Sc2nnnn2-c2ccccc2)c([N+](=O)[O-])c1. The van der Waals surface area contributed by atoms with Crippen LogP contribution in [0.1, 0.15) is 0 Å². The molecule has 1 heterocycles. The standard InChI is InChI=1S/C13H8N6O4S/c20-18(21)10-6-7-12(11(8-10)19(22)23)24-13-14-15-16-17(13)9-4-2-1-3-5-9/h1-8H. The predicted octanol–water partition coefficient (Wildman–Crippen LogP) is 2.63. The fourth-order valence-corrected chi connectivity index (χ4v) is 2.80. The quantitative estimate of drug-likeness (QED) is 0.510. The van der Waals surface area contributed by atoms with Crippen LogP contribution in [0.4, 0.5) is 11.4 Å². The number of tetrazole rings is 1. The molecule has 0 aliphatic carbocycles. The number of nitro groups is 2. The highest BCUT2D eigenvalue weighted by molar-refractivity contribution is 7.99. The summed E-state index contributed by atoms with van der Waals surface area (Å²) in [5.74, 6) is 0.